The second-order valence-corrected chi connectivity index (χ2v) is 5.92. The van der Waals surface area contributed by atoms with Crippen molar-refractivity contribution < 1.29 is 9.18 Å². The van der Waals surface area contributed by atoms with Gasteiger partial charge in [-0.1, -0.05) is 0 Å². The molecule has 0 saturated heterocycles. The molecule has 0 heterocycles. The number of nitrogen functional groups attached to an aromatic ring is 1. The Balaban J connectivity index is 2.43. The number of anilines is 3. The minimum absolute atomic E-state index is 0.130. The topological polar surface area (TPSA) is 58.4 Å². The van der Waals surface area contributed by atoms with E-state index in [1.165, 1.54) is 17.0 Å². The smallest absolute Gasteiger partial charge is 0.255 e. The number of halogens is 2. The highest BCUT2D eigenvalue weighted by molar-refractivity contribution is 14.1. The number of rotatable bonds is 3. The highest BCUT2D eigenvalue weighted by Crippen LogP contribution is 2.27. The van der Waals surface area contributed by atoms with Gasteiger partial charge in [-0.15, -0.1) is 0 Å². The summed E-state index contributed by atoms with van der Waals surface area (Å²) in [6, 6.07) is 9.46. The van der Waals surface area contributed by atoms with Crippen LogP contribution in [0.15, 0.2) is 36.4 Å². The van der Waals surface area contributed by atoms with Crippen LogP contribution >= 0.6 is 22.6 Å². The monoisotopic (exact) mass is 399 g/mol. The average molecular weight is 399 g/mol. The largest absolute Gasteiger partial charge is 0.399 e. The molecule has 21 heavy (non-hydrogen) atoms. The summed E-state index contributed by atoms with van der Waals surface area (Å²) in [4.78, 5) is 13.7. The molecule has 0 unspecified atom stereocenters. The van der Waals surface area contributed by atoms with Gasteiger partial charge in [0.1, 0.15) is 5.82 Å². The Bertz CT molecular complexity index is 689. The summed E-state index contributed by atoms with van der Waals surface area (Å²) in [6.07, 6.45) is 0. The molecule has 0 saturated carbocycles. The molecular formula is C15H15FIN3O. The van der Waals surface area contributed by atoms with Crippen LogP contribution in [0, 0.1) is 9.39 Å². The lowest BCUT2D eigenvalue weighted by Crippen LogP contribution is -2.22. The van der Waals surface area contributed by atoms with Crippen molar-refractivity contribution in [2.24, 2.45) is 0 Å². The minimum atomic E-state index is -0.304. The van der Waals surface area contributed by atoms with Crippen LogP contribution in [0.2, 0.25) is 0 Å². The van der Waals surface area contributed by atoms with Gasteiger partial charge in [0.25, 0.3) is 5.91 Å². The Morgan fingerprint density at radius 1 is 1.19 bits per heavy atom. The number of hydrogen-bond acceptors (Lipinski definition) is 3. The lowest BCUT2D eigenvalue weighted by molar-refractivity contribution is 0.0828. The molecule has 0 fully saturated rings. The zero-order valence-corrected chi connectivity index (χ0v) is 13.8. The number of hydrogen-bond donors (Lipinski definition) is 2. The van der Waals surface area contributed by atoms with Crippen LogP contribution in [0.25, 0.3) is 0 Å². The first-order valence-electron chi connectivity index (χ1n) is 6.21. The standard InChI is InChI=1S/C15H15FIN3O/c1-20(2)15(21)11-5-4-10(18)8-14(11)19-13-6-3-9(16)7-12(13)17/h3-8,19H,18H2,1-2H3. The fourth-order valence-electron chi connectivity index (χ4n) is 1.83. The summed E-state index contributed by atoms with van der Waals surface area (Å²) in [6.45, 7) is 0. The molecule has 0 aromatic heterocycles. The number of carbonyl (C=O) groups excluding carboxylic acids is 1. The van der Waals surface area contributed by atoms with E-state index in [2.05, 4.69) is 5.32 Å². The number of amides is 1. The number of carbonyl (C=O) groups is 1. The summed E-state index contributed by atoms with van der Waals surface area (Å²) >= 11 is 2.03. The van der Waals surface area contributed by atoms with Gasteiger partial charge in [0.2, 0.25) is 0 Å². The fourth-order valence-corrected chi connectivity index (χ4v) is 2.44. The molecule has 2 rings (SSSR count). The van der Waals surface area contributed by atoms with Crippen LogP contribution in [0.5, 0.6) is 0 Å². The van der Waals surface area contributed by atoms with Gasteiger partial charge in [-0.05, 0) is 59.0 Å². The summed E-state index contributed by atoms with van der Waals surface area (Å²) < 4.78 is 13.9. The molecule has 2 aromatic rings. The molecule has 0 aliphatic heterocycles. The number of benzene rings is 2. The van der Waals surface area contributed by atoms with Gasteiger partial charge in [-0.2, -0.15) is 0 Å². The molecule has 0 radical (unpaired) electrons. The van der Waals surface area contributed by atoms with Gasteiger partial charge < -0.3 is 16.0 Å². The van der Waals surface area contributed by atoms with Gasteiger partial charge in [0, 0.05) is 23.4 Å². The van der Waals surface area contributed by atoms with Crippen LogP contribution in [-0.4, -0.2) is 24.9 Å². The Kier molecular flexibility index (Phi) is 4.66. The summed E-state index contributed by atoms with van der Waals surface area (Å²) in [5.41, 5.74) is 8.16. The van der Waals surface area contributed by atoms with Crippen LogP contribution in [0.4, 0.5) is 21.5 Å². The molecule has 0 bridgehead atoms. The third-order valence-corrected chi connectivity index (χ3v) is 3.77. The lowest BCUT2D eigenvalue weighted by Gasteiger charge is -2.16. The first-order valence-corrected chi connectivity index (χ1v) is 7.29. The SMILES string of the molecule is CN(C)C(=O)c1ccc(N)cc1Nc1ccc(F)cc1I. The van der Waals surface area contributed by atoms with Gasteiger partial charge in [0.05, 0.1) is 16.9 Å². The van der Waals surface area contributed by atoms with E-state index in [4.69, 9.17) is 5.73 Å². The molecule has 6 heteroatoms. The van der Waals surface area contributed by atoms with E-state index in [1.54, 1.807) is 38.4 Å². The third kappa shape index (κ3) is 3.63. The lowest BCUT2D eigenvalue weighted by atomic mass is 10.1. The zero-order chi connectivity index (χ0) is 15.6. The molecule has 110 valence electrons. The van der Waals surface area contributed by atoms with Crippen molar-refractivity contribution >= 4 is 45.6 Å². The highest BCUT2D eigenvalue weighted by atomic mass is 127. The van der Waals surface area contributed by atoms with E-state index in [0.29, 0.717) is 16.9 Å². The molecule has 0 aliphatic carbocycles. The van der Waals surface area contributed by atoms with Crippen molar-refractivity contribution in [3.8, 4) is 0 Å². The fraction of sp³-hybridized carbons (Fsp3) is 0.133. The maximum absolute atomic E-state index is 13.2. The van der Waals surface area contributed by atoms with Crippen LogP contribution in [-0.2, 0) is 0 Å². The van der Waals surface area contributed by atoms with E-state index in [9.17, 15) is 9.18 Å². The first-order chi connectivity index (χ1) is 9.88. The Morgan fingerprint density at radius 3 is 2.52 bits per heavy atom. The maximum atomic E-state index is 13.2. The number of nitrogens with two attached hydrogens (primary N) is 1. The van der Waals surface area contributed by atoms with Gasteiger partial charge in [0.15, 0.2) is 0 Å². The van der Waals surface area contributed by atoms with E-state index >= 15 is 0 Å². The van der Waals surface area contributed by atoms with Gasteiger partial charge >= 0.3 is 0 Å². The van der Waals surface area contributed by atoms with E-state index in [-0.39, 0.29) is 11.7 Å². The van der Waals surface area contributed by atoms with Crippen molar-refractivity contribution in [3.05, 3.63) is 51.3 Å². The van der Waals surface area contributed by atoms with E-state index in [0.717, 1.165) is 9.26 Å². The highest BCUT2D eigenvalue weighted by Gasteiger charge is 2.14. The third-order valence-electron chi connectivity index (χ3n) is 2.88. The van der Waals surface area contributed by atoms with Crippen molar-refractivity contribution in [2.75, 3.05) is 25.1 Å². The van der Waals surface area contributed by atoms with Gasteiger partial charge in [-0.3, -0.25) is 4.79 Å². The van der Waals surface area contributed by atoms with Crippen molar-refractivity contribution in [1.29, 1.82) is 0 Å². The molecule has 0 atom stereocenters. The normalized spacial score (nSPS) is 10.3. The predicted molar refractivity (Wildman–Crippen MR) is 91.3 cm³/mol. The van der Waals surface area contributed by atoms with Crippen molar-refractivity contribution in [1.82, 2.24) is 4.90 Å². The van der Waals surface area contributed by atoms with Crippen LogP contribution in [0.1, 0.15) is 10.4 Å². The van der Waals surface area contributed by atoms with E-state index in [1.807, 2.05) is 22.6 Å². The van der Waals surface area contributed by atoms with Crippen molar-refractivity contribution in [2.45, 2.75) is 0 Å². The number of nitrogens with zero attached hydrogens (tertiary/aromatic N) is 1. The Hall–Kier alpha value is -1.83. The van der Waals surface area contributed by atoms with Crippen LogP contribution in [0.3, 0.4) is 0 Å². The molecule has 4 nitrogen and oxygen atoms in total. The second-order valence-electron chi connectivity index (χ2n) is 4.75. The second kappa shape index (κ2) is 6.30. The maximum Gasteiger partial charge on any atom is 0.255 e. The Labute approximate surface area is 136 Å². The first kappa shape index (κ1) is 15.6. The number of nitrogens with one attached hydrogen (secondary N) is 1. The average Bonchev–Trinajstić information content (AvgIpc) is 2.41. The molecule has 2 aromatic carbocycles. The molecule has 0 spiro atoms. The summed E-state index contributed by atoms with van der Waals surface area (Å²) in [5, 5.41) is 3.14. The molecule has 1 amide bonds. The minimum Gasteiger partial charge on any atom is -0.399 e. The Morgan fingerprint density at radius 2 is 1.90 bits per heavy atom. The molecule has 3 N–H and O–H groups in total. The van der Waals surface area contributed by atoms with E-state index < -0.39 is 0 Å². The molecular weight excluding hydrogens is 384 g/mol. The van der Waals surface area contributed by atoms with Gasteiger partial charge in [-0.25, -0.2) is 4.39 Å². The summed E-state index contributed by atoms with van der Waals surface area (Å²) in [7, 11) is 3.37. The quantitative estimate of drug-likeness (QED) is 0.614. The van der Waals surface area contributed by atoms with Crippen molar-refractivity contribution in [3.63, 3.8) is 0 Å². The van der Waals surface area contributed by atoms with Crippen LogP contribution < -0.4 is 11.1 Å². The predicted octanol–water partition coefficient (Wildman–Crippen LogP) is 3.46. The summed E-state index contributed by atoms with van der Waals surface area (Å²) in [5.74, 6) is -0.434. The zero-order valence-electron chi connectivity index (χ0n) is 11.7. The molecule has 0 aliphatic rings.